The molecule has 0 saturated carbocycles. The Balaban J connectivity index is 1.46. The van der Waals surface area contributed by atoms with Gasteiger partial charge in [-0.05, 0) is 44.0 Å². The molecule has 0 bridgehead atoms. The van der Waals surface area contributed by atoms with Gasteiger partial charge in [0.25, 0.3) is 0 Å². The number of amides is 1. The van der Waals surface area contributed by atoms with Gasteiger partial charge in [-0.3, -0.25) is 9.69 Å². The predicted octanol–water partition coefficient (Wildman–Crippen LogP) is 1.93. The van der Waals surface area contributed by atoms with E-state index >= 15 is 0 Å². The molecule has 1 unspecified atom stereocenters. The lowest BCUT2D eigenvalue weighted by Crippen LogP contribution is -2.35. The molecule has 2 heterocycles. The smallest absolute Gasteiger partial charge is 0.234 e. The molecule has 1 saturated heterocycles. The van der Waals surface area contributed by atoms with Crippen LogP contribution in [0, 0.1) is 19.7 Å². The molecule has 3 rings (SSSR count). The molecular weight excluding hydrogens is 311 g/mol. The highest BCUT2D eigenvalue weighted by Gasteiger charge is 2.28. The number of halogens is 1. The van der Waals surface area contributed by atoms with E-state index in [2.05, 4.69) is 20.4 Å². The lowest BCUT2D eigenvalue weighted by Gasteiger charge is -2.15. The fourth-order valence-corrected chi connectivity index (χ4v) is 2.86. The van der Waals surface area contributed by atoms with Crippen LogP contribution in [0.4, 0.5) is 4.39 Å². The van der Waals surface area contributed by atoms with Crippen molar-refractivity contribution in [2.45, 2.75) is 32.7 Å². The van der Waals surface area contributed by atoms with Crippen LogP contribution >= 0.6 is 0 Å². The van der Waals surface area contributed by atoms with Gasteiger partial charge >= 0.3 is 0 Å². The lowest BCUT2D eigenvalue weighted by atomic mass is 10.1. The second-order valence-electron chi connectivity index (χ2n) is 6.26. The van der Waals surface area contributed by atoms with Gasteiger partial charge in [-0.1, -0.05) is 17.3 Å². The summed E-state index contributed by atoms with van der Waals surface area (Å²) in [6, 6.07) is 5.00. The number of likely N-dealkylation sites (tertiary alicyclic amines) is 1. The molecule has 1 aliphatic rings. The average Bonchev–Trinajstić information content (AvgIpc) is 3.17. The van der Waals surface area contributed by atoms with Crippen LogP contribution in [0.25, 0.3) is 0 Å². The van der Waals surface area contributed by atoms with Crippen LogP contribution < -0.4 is 5.32 Å². The summed E-state index contributed by atoms with van der Waals surface area (Å²) in [4.78, 5) is 18.4. The van der Waals surface area contributed by atoms with Gasteiger partial charge < -0.3 is 9.84 Å². The molecule has 1 aliphatic heterocycles. The van der Waals surface area contributed by atoms with Crippen LogP contribution in [0.3, 0.4) is 0 Å². The van der Waals surface area contributed by atoms with Gasteiger partial charge in [-0.25, -0.2) is 4.39 Å². The number of hydrogen-bond donors (Lipinski definition) is 1. The molecule has 1 amide bonds. The summed E-state index contributed by atoms with van der Waals surface area (Å²) >= 11 is 0. The zero-order valence-electron chi connectivity index (χ0n) is 13.9. The zero-order chi connectivity index (χ0) is 17.1. The number of hydrogen-bond acceptors (Lipinski definition) is 5. The number of carbonyl (C=O) groups is 1. The molecule has 1 fully saturated rings. The van der Waals surface area contributed by atoms with Gasteiger partial charge in [0.2, 0.25) is 11.8 Å². The topological polar surface area (TPSA) is 71.3 Å². The predicted molar refractivity (Wildman–Crippen MR) is 85.8 cm³/mol. The Labute approximate surface area is 140 Å². The van der Waals surface area contributed by atoms with Gasteiger partial charge in [0.05, 0.1) is 12.5 Å². The maximum absolute atomic E-state index is 13.5. The minimum absolute atomic E-state index is 0.0710. The Bertz CT molecular complexity index is 731. The average molecular weight is 332 g/mol. The second kappa shape index (κ2) is 7.09. The van der Waals surface area contributed by atoms with Gasteiger partial charge in [0, 0.05) is 13.1 Å². The van der Waals surface area contributed by atoms with Gasteiger partial charge in [-0.15, -0.1) is 0 Å². The van der Waals surface area contributed by atoms with Crippen LogP contribution in [0.5, 0.6) is 0 Å². The number of benzene rings is 1. The molecule has 1 aromatic carbocycles. The number of aryl methyl sites for hydroxylation is 2. The van der Waals surface area contributed by atoms with Crippen molar-refractivity contribution in [2.24, 2.45) is 0 Å². The maximum Gasteiger partial charge on any atom is 0.234 e. The van der Waals surface area contributed by atoms with Crippen molar-refractivity contribution in [1.82, 2.24) is 20.4 Å². The van der Waals surface area contributed by atoms with Crippen molar-refractivity contribution in [2.75, 3.05) is 19.6 Å². The Morgan fingerprint density at radius 2 is 2.29 bits per heavy atom. The Kier molecular flexibility index (Phi) is 4.89. The van der Waals surface area contributed by atoms with E-state index in [1.54, 1.807) is 19.9 Å². The number of nitrogens with zero attached hydrogens (tertiary/aromatic N) is 3. The van der Waals surface area contributed by atoms with Crippen LogP contribution in [0.2, 0.25) is 0 Å². The maximum atomic E-state index is 13.5. The molecule has 128 valence electrons. The van der Waals surface area contributed by atoms with E-state index in [1.807, 2.05) is 6.07 Å². The van der Waals surface area contributed by atoms with E-state index in [9.17, 15) is 9.18 Å². The SMILES string of the molecule is Cc1noc(C2CCN(CC(=O)NCc3ccc(C)c(F)c3)C2)n1. The molecule has 7 heteroatoms. The van der Waals surface area contributed by atoms with Crippen molar-refractivity contribution < 1.29 is 13.7 Å². The number of nitrogens with one attached hydrogen (secondary N) is 1. The highest BCUT2D eigenvalue weighted by atomic mass is 19.1. The second-order valence-corrected chi connectivity index (χ2v) is 6.26. The normalized spacial score (nSPS) is 18.0. The van der Waals surface area contributed by atoms with Crippen LogP contribution in [0.15, 0.2) is 22.7 Å². The summed E-state index contributed by atoms with van der Waals surface area (Å²) in [7, 11) is 0. The summed E-state index contributed by atoms with van der Waals surface area (Å²) in [6.45, 7) is 5.70. The highest BCUT2D eigenvalue weighted by Crippen LogP contribution is 2.25. The summed E-state index contributed by atoms with van der Waals surface area (Å²) in [5.74, 6) is 1.14. The van der Waals surface area contributed by atoms with E-state index in [1.165, 1.54) is 6.07 Å². The first-order valence-corrected chi connectivity index (χ1v) is 8.05. The highest BCUT2D eigenvalue weighted by molar-refractivity contribution is 5.78. The lowest BCUT2D eigenvalue weighted by molar-refractivity contribution is -0.122. The monoisotopic (exact) mass is 332 g/mol. The van der Waals surface area contributed by atoms with Gasteiger partial charge in [-0.2, -0.15) is 4.98 Å². The minimum Gasteiger partial charge on any atom is -0.351 e. The first-order valence-electron chi connectivity index (χ1n) is 8.05. The van der Waals surface area contributed by atoms with Crippen molar-refractivity contribution in [3.8, 4) is 0 Å². The molecule has 0 aliphatic carbocycles. The fraction of sp³-hybridized carbons (Fsp3) is 0.471. The summed E-state index contributed by atoms with van der Waals surface area (Å²) in [6.07, 6.45) is 0.901. The molecule has 24 heavy (non-hydrogen) atoms. The van der Waals surface area contributed by atoms with E-state index in [0.717, 1.165) is 25.1 Å². The molecule has 0 spiro atoms. The third-order valence-corrected chi connectivity index (χ3v) is 4.26. The quantitative estimate of drug-likeness (QED) is 0.906. The van der Waals surface area contributed by atoms with Crippen molar-refractivity contribution in [1.29, 1.82) is 0 Å². The van der Waals surface area contributed by atoms with Crippen LogP contribution in [-0.4, -0.2) is 40.6 Å². The largest absolute Gasteiger partial charge is 0.351 e. The van der Waals surface area contributed by atoms with E-state index < -0.39 is 0 Å². The molecule has 6 nitrogen and oxygen atoms in total. The first-order chi connectivity index (χ1) is 11.5. The first kappa shape index (κ1) is 16.6. The zero-order valence-corrected chi connectivity index (χ0v) is 13.9. The number of carbonyl (C=O) groups excluding carboxylic acids is 1. The Morgan fingerprint density at radius 3 is 3.00 bits per heavy atom. The number of aromatic nitrogens is 2. The van der Waals surface area contributed by atoms with Gasteiger partial charge in [0.1, 0.15) is 5.82 Å². The van der Waals surface area contributed by atoms with Crippen molar-refractivity contribution >= 4 is 5.91 Å². The molecule has 1 N–H and O–H groups in total. The third-order valence-electron chi connectivity index (χ3n) is 4.26. The van der Waals surface area contributed by atoms with Gasteiger partial charge in [0.15, 0.2) is 5.82 Å². The molecule has 1 aromatic heterocycles. The summed E-state index contributed by atoms with van der Waals surface area (Å²) in [5, 5.41) is 6.64. The van der Waals surface area contributed by atoms with Crippen LogP contribution in [0.1, 0.15) is 35.2 Å². The molecule has 2 aromatic rings. The van der Waals surface area contributed by atoms with E-state index in [-0.39, 0.29) is 17.6 Å². The standard InChI is InChI=1S/C17H21FN4O2/c1-11-3-4-13(7-15(11)18)8-19-16(23)10-22-6-5-14(9-22)17-20-12(2)21-24-17/h3-4,7,14H,5-6,8-10H2,1-2H3,(H,19,23). The van der Waals surface area contributed by atoms with Crippen molar-refractivity contribution in [3.63, 3.8) is 0 Å². The third kappa shape index (κ3) is 3.97. The Morgan fingerprint density at radius 1 is 1.46 bits per heavy atom. The van der Waals surface area contributed by atoms with Crippen LogP contribution in [-0.2, 0) is 11.3 Å². The molecular formula is C17H21FN4O2. The summed E-state index contributed by atoms with van der Waals surface area (Å²) in [5.41, 5.74) is 1.36. The molecule has 0 radical (unpaired) electrons. The van der Waals surface area contributed by atoms with E-state index in [4.69, 9.17) is 4.52 Å². The Hall–Kier alpha value is -2.28. The van der Waals surface area contributed by atoms with E-state index in [0.29, 0.717) is 30.4 Å². The minimum atomic E-state index is -0.251. The molecule has 1 atom stereocenters. The number of rotatable bonds is 5. The van der Waals surface area contributed by atoms with Crippen molar-refractivity contribution in [3.05, 3.63) is 46.9 Å². The fourth-order valence-electron chi connectivity index (χ4n) is 2.86. The summed E-state index contributed by atoms with van der Waals surface area (Å²) < 4.78 is 18.7.